The third-order valence-corrected chi connectivity index (χ3v) is 4.86. The zero-order chi connectivity index (χ0) is 19.0. The van der Waals surface area contributed by atoms with E-state index in [4.69, 9.17) is 8.94 Å². The van der Waals surface area contributed by atoms with Crippen LogP contribution in [0.3, 0.4) is 0 Å². The molecule has 8 nitrogen and oxygen atoms in total. The predicted molar refractivity (Wildman–Crippen MR) is 100 cm³/mol. The van der Waals surface area contributed by atoms with Crippen LogP contribution in [0.1, 0.15) is 34.7 Å². The standard InChI is InChI=1S/C19H22N4O4/c1-22(2)9-10-23-14-11-12(7-8-16(14)26-19(23)25)20-18(24)17-13-5-3-4-6-15(13)27-21-17/h7-8,11H,3-6,9-10H2,1-2H3,(H,20,24). The number of aryl methyl sites for hydroxylation is 1. The van der Waals surface area contributed by atoms with E-state index in [9.17, 15) is 9.59 Å². The van der Waals surface area contributed by atoms with Crippen LogP contribution in [-0.4, -0.2) is 41.2 Å². The molecule has 0 aliphatic heterocycles. The molecule has 1 aliphatic rings. The lowest BCUT2D eigenvalue weighted by atomic mass is 9.96. The molecule has 0 unspecified atom stereocenters. The van der Waals surface area contributed by atoms with Gasteiger partial charge < -0.3 is 19.2 Å². The molecule has 0 atom stereocenters. The predicted octanol–water partition coefficient (Wildman–Crippen LogP) is 2.28. The lowest BCUT2D eigenvalue weighted by Gasteiger charge is -2.10. The number of oxazole rings is 1. The van der Waals surface area contributed by atoms with Gasteiger partial charge in [0.1, 0.15) is 5.76 Å². The molecule has 2 aromatic heterocycles. The van der Waals surface area contributed by atoms with E-state index < -0.39 is 5.76 Å². The van der Waals surface area contributed by atoms with Gasteiger partial charge in [-0.15, -0.1) is 0 Å². The Morgan fingerprint density at radius 1 is 1.30 bits per heavy atom. The first-order valence-corrected chi connectivity index (χ1v) is 9.10. The highest BCUT2D eigenvalue weighted by atomic mass is 16.5. The summed E-state index contributed by atoms with van der Waals surface area (Å²) in [6.07, 6.45) is 3.74. The van der Waals surface area contributed by atoms with Crippen molar-refractivity contribution in [1.29, 1.82) is 0 Å². The number of anilines is 1. The number of hydrogen-bond donors (Lipinski definition) is 1. The van der Waals surface area contributed by atoms with Gasteiger partial charge in [-0.2, -0.15) is 0 Å². The number of amides is 1. The van der Waals surface area contributed by atoms with E-state index in [2.05, 4.69) is 10.5 Å². The zero-order valence-corrected chi connectivity index (χ0v) is 15.4. The Hall–Kier alpha value is -2.87. The topological polar surface area (TPSA) is 93.5 Å². The number of nitrogens with zero attached hydrogens (tertiary/aromatic N) is 3. The zero-order valence-electron chi connectivity index (χ0n) is 15.4. The van der Waals surface area contributed by atoms with Crippen molar-refractivity contribution in [3.8, 4) is 0 Å². The number of carbonyl (C=O) groups excluding carboxylic acids is 1. The fraction of sp³-hybridized carbons (Fsp3) is 0.421. The highest BCUT2D eigenvalue weighted by Gasteiger charge is 2.24. The van der Waals surface area contributed by atoms with Crippen molar-refractivity contribution in [2.24, 2.45) is 0 Å². The molecule has 1 aliphatic carbocycles. The fourth-order valence-electron chi connectivity index (χ4n) is 3.41. The molecule has 0 spiro atoms. The van der Waals surface area contributed by atoms with Crippen LogP contribution < -0.4 is 11.1 Å². The molecule has 2 heterocycles. The molecule has 0 saturated heterocycles. The SMILES string of the molecule is CN(C)CCn1c(=O)oc2ccc(NC(=O)c3noc4c3CCCC4)cc21. The second-order valence-electron chi connectivity index (χ2n) is 7.10. The van der Waals surface area contributed by atoms with Crippen molar-refractivity contribution in [3.05, 3.63) is 45.8 Å². The Kier molecular flexibility index (Phi) is 4.57. The second-order valence-corrected chi connectivity index (χ2v) is 7.10. The van der Waals surface area contributed by atoms with E-state index in [1.54, 1.807) is 22.8 Å². The van der Waals surface area contributed by atoms with E-state index in [0.29, 0.717) is 35.6 Å². The molecule has 8 heteroatoms. The van der Waals surface area contributed by atoms with Crippen LogP contribution in [0.25, 0.3) is 11.1 Å². The molecule has 1 aromatic carbocycles. The van der Waals surface area contributed by atoms with Gasteiger partial charge in [0.25, 0.3) is 5.91 Å². The van der Waals surface area contributed by atoms with Crippen LogP contribution in [-0.2, 0) is 19.4 Å². The van der Waals surface area contributed by atoms with Crippen LogP contribution in [0.15, 0.2) is 31.9 Å². The van der Waals surface area contributed by atoms with Crippen molar-refractivity contribution in [2.75, 3.05) is 26.0 Å². The highest BCUT2D eigenvalue weighted by Crippen LogP contribution is 2.25. The van der Waals surface area contributed by atoms with Crippen LogP contribution >= 0.6 is 0 Å². The minimum Gasteiger partial charge on any atom is -0.408 e. The van der Waals surface area contributed by atoms with Gasteiger partial charge in [-0.1, -0.05) is 5.16 Å². The third-order valence-electron chi connectivity index (χ3n) is 4.86. The molecule has 142 valence electrons. The summed E-state index contributed by atoms with van der Waals surface area (Å²) in [5.74, 6) is 0.113. The van der Waals surface area contributed by atoms with Gasteiger partial charge in [-0.3, -0.25) is 9.36 Å². The lowest BCUT2D eigenvalue weighted by Crippen LogP contribution is -2.23. The van der Waals surface area contributed by atoms with Crippen LogP contribution in [0, 0.1) is 0 Å². The molecule has 0 fully saturated rings. The molecule has 27 heavy (non-hydrogen) atoms. The molecule has 3 aromatic rings. The number of benzene rings is 1. The third kappa shape index (κ3) is 3.40. The monoisotopic (exact) mass is 370 g/mol. The molecule has 0 saturated carbocycles. The average Bonchev–Trinajstić information content (AvgIpc) is 3.20. The number of nitrogens with one attached hydrogen (secondary N) is 1. The maximum atomic E-state index is 12.7. The molecular weight excluding hydrogens is 348 g/mol. The van der Waals surface area contributed by atoms with Gasteiger partial charge in [0.2, 0.25) is 0 Å². The van der Waals surface area contributed by atoms with Gasteiger partial charge in [-0.25, -0.2) is 4.79 Å². The molecule has 1 amide bonds. The molecular formula is C19H22N4O4. The summed E-state index contributed by atoms with van der Waals surface area (Å²) in [4.78, 5) is 26.7. The van der Waals surface area contributed by atoms with E-state index in [-0.39, 0.29) is 5.91 Å². The van der Waals surface area contributed by atoms with Gasteiger partial charge in [0.05, 0.1) is 5.52 Å². The summed E-state index contributed by atoms with van der Waals surface area (Å²) >= 11 is 0. The Morgan fingerprint density at radius 2 is 2.11 bits per heavy atom. The number of carbonyl (C=O) groups is 1. The molecule has 0 radical (unpaired) electrons. The van der Waals surface area contributed by atoms with E-state index in [1.165, 1.54) is 0 Å². The van der Waals surface area contributed by atoms with Crippen LogP contribution in [0.5, 0.6) is 0 Å². The normalized spacial score (nSPS) is 13.9. The van der Waals surface area contributed by atoms with E-state index >= 15 is 0 Å². The lowest BCUT2D eigenvalue weighted by molar-refractivity contribution is 0.101. The summed E-state index contributed by atoms with van der Waals surface area (Å²) in [6, 6.07) is 5.16. The molecule has 1 N–H and O–H groups in total. The summed E-state index contributed by atoms with van der Waals surface area (Å²) in [5, 5.41) is 6.82. The highest BCUT2D eigenvalue weighted by molar-refractivity contribution is 6.04. The van der Waals surface area contributed by atoms with E-state index in [1.807, 2.05) is 19.0 Å². The first-order valence-electron chi connectivity index (χ1n) is 9.10. The van der Waals surface area contributed by atoms with Crippen molar-refractivity contribution in [2.45, 2.75) is 32.2 Å². The van der Waals surface area contributed by atoms with E-state index in [0.717, 1.165) is 37.0 Å². The van der Waals surface area contributed by atoms with Crippen molar-refractivity contribution >= 4 is 22.7 Å². The van der Waals surface area contributed by atoms with Crippen molar-refractivity contribution < 1.29 is 13.7 Å². The van der Waals surface area contributed by atoms with Gasteiger partial charge in [0.15, 0.2) is 11.3 Å². The van der Waals surface area contributed by atoms with Crippen LogP contribution in [0.4, 0.5) is 5.69 Å². The summed E-state index contributed by atoms with van der Waals surface area (Å²) in [7, 11) is 3.88. The maximum Gasteiger partial charge on any atom is 0.419 e. The number of rotatable bonds is 5. The van der Waals surface area contributed by atoms with Gasteiger partial charge in [0, 0.05) is 30.8 Å². The second kappa shape index (κ2) is 7.03. The van der Waals surface area contributed by atoms with Gasteiger partial charge >= 0.3 is 5.76 Å². The quantitative estimate of drug-likeness (QED) is 0.741. The Bertz CT molecular complexity index is 1040. The van der Waals surface area contributed by atoms with Crippen molar-refractivity contribution in [3.63, 3.8) is 0 Å². The van der Waals surface area contributed by atoms with Crippen molar-refractivity contribution in [1.82, 2.24) is 14.6 Å². The summed E-state index contributed by atoms with van der Waals surface area (Å²) in [5.41, 5.74) is 2.99. The summed E-state index contributed by atoms with van der Waals surface area (Å²) in [6.45, 7) is 1.21. The first-order chi connectivity index (χ1) is 13.0. The average molecular weight is 370 g/mol. The largest absolute Gasteiger partial charge is 0.419 e. The minimum absolute atomic E-state index is 0.299. The first kappa shape index (κ1) is 17.5. The number of likely N-dealkylation sites (N-methyl/N-ethyl adjacent to an activating group) is 1. The van der Waals surface area contributed by atoms with Crippen LogP contribution in [0.2, 0.25) is 0 Å². The summed E-state index contributed by atoms with van der Waals surface area (Å²) < 4.78 is 12.2. The molecule has 4 rings (SSSR count). The smallest absolute Gasteiger partial charge is 0.408 e. The maximum absolute atomic E-state index is 12.7. The fourth-order valence-corrected chi connectivity index (χ4v) is 3.41. The number of hydrogen-bond acceptors (Lipinski definition) is 6. The number of aromatic nitrogens is 2. The number of fused-ring (bicyclic) bond motifs is 2. The Morgan fingerprint density at radius 3 is 2.93 bits per heavy atom. The Labute approximate surface area is 155 Å². The molecule has 0 bridgehead atoms. The Balaban J connectivity index is 1.60. The van der Waals surface area contributed by atoms with Gasteiger partial charge in [-0.05, 0) is 51.6 Å². The minimum atomic E-state index is -0.402.